The van der Waals surface area contributed by atoms with E-state index in [1.165, 1.54) is 0 Å². The largest absolute Gasteiger partial charge is 0.496 e. The predicted octanol–water partition coefficient (Wildman–Crippen LogP) is 3.38. The van der Waals surface area contributed by atoms with E-state index in [0.29, 0.717) is 12.1 Å². The molecule has 1 atom stereocenters. The van der Waals surface area contributed by atoms with Gasteiger partial charge >= 0.3 is 0 Å². The second kappa shape index (κ2) is 6.85. The van der Waals surface area contributed by atoms with Crippen LogP contribution in [0.4, 0.5) is 0 Å². The number of carbonyl (C=O) groups is 1. The summed E-state index contributed by atoms with van der Waals surface area (Å²) in [6, 6.07) is 5.42. The van der Waals surface area contributed by atoms with E-state index in [1.54, 1.807) is 24.8 Å². The third-order valence-corrected chi connectivity index (χ3v) is 4.37. The number of Topliss-reactive ketones (excluding diaryl/α,β-unsaturated/α-hetero) is 1. The lowest BCUT2D eigenvalue weighted by molar-refractivity contribution is 0.101. The van der Waals surface area contributed by atoms with E-state index in [0.717, 1.165) is 23.4 Å². The molecule has 0 radical (unpaired) electrons. The summed E-state index contributed by atoms with van der Waals surface area (Å²) in [6.45, 7) is 4.15. The Hall–Kier alpha value is -1.69. The van der Waals surface area contributed by atoms with Crippen LogP contribution in [0.2, 0.25) is 0 Å². The number of alkyl halides is 1. The number of hydrogen-bond acceptors (Lipinski definition) is 4. The first-order valence-electron chi connectivity index (χ1n) is 6.77. The first-order chi connectivity index (χ1) is 10.0. The van der Waals surface area contributed by atoms with Gasteiger partial charge in [0, 0.05) is 17.3 Å². The number of ether oxygens (including phenoxy) is 1. The molecule has 0 bridgehead atoms. The molecule has 0 amide bonds. The van der Waals surface area contributed by atoms with Gasteiger partial charge in [-0.05, 0) is 31.5 Å². The molecule has 1 aromatic heterocycles. The molecule has 1 unspecified atom stereocenters. The molecule has 6 heteroatoms. The normalized spacial score (nSPS) is 12.2. The lowest BCUT2D eigenvalue weighted by Crippen LogP contribution is -2.04. The Bertz CT molecular complexity index is 640. The van der Waals surface area contributed by atoms with Gasteiger partial charge in [-0.3, -0.25) is 4.79 Å². The molecular weight excluding hydrogens is 334 g/mol. The minimum absolute atomic E-state index is 0.0321. The summed E-state index contributed by atoms with van der Waals surface area (Å²) >= 11 is 3.56. The van der Waals surface area contributed by atoms with Crippen molar-refractivity contribution in [2.75, 3.05) is 7.11 Å². The molecule has 1 aromatic carbocycles. The quantitative estimate of drug-likeness (QED) is 0.591. The van der Waals surface area contributed by atoms with E-state index in [1.807, 2.05) is 18.3 Å². The van der Waals surface area contributed by atoms with Crippen molar-refractivity contribution in [2.24, 2.45) is 0 Å². The number of benzene rings is 1. The second-order valence-electron chi connectivity index (χ2n) is 4.80. The molecule has 21 heavy (non-hydrogen) atoms. The summed E-state index contributed by atoms with van der Waals surface area (Å²) in [5.41, 5.74) is 2.47. The van der Waals surface area contributed by atoms with Crippen molar-refractivity contribution in [3.8, 4) is 5.75 Å². The van der Waals surface area contributed by atoms with Crippen LogP contribution in [0.1, 0.15) is 46.7 Å². The van der Waals surface area contributed by atoms with Crippen molar-refractivity contribution in [3.05, 3.63) is 41.2 Å². The monoisotopic (exact) mass is 351 g/mol. The van der Waals surface area contributed by atoms with Gasteiger partial charge in [-0.15, -0.1) is 5.10 Å². The first-order valence-corrected chi connectivity index (χ1v) is 7.68. The van der Waals surface area contributed by atoms with Crippen molar-refractivity contribution < 1.29 is 9.53 Å². The molecule has 0 aliphatic carbocycles. The van der Waals surface area contributed by atoms with Gasteiger partial charge in [0.2, 0.25) is 0 Å². The Morgan fingerprint density at radius 3 is 2.86 bits per heavy atom. The van der Waals surface area contributed by atoms with E-state index in [9.17, 15) is 4.79 Å². The number of aromatic nitrogens is 3. The molecule has 2 aromatic rings. The SMILES string of the molecule is CCC(Br)c1cn(Cc2cc(C(C)=O)ccc2OC)nn1. The van der Waals surface area contributed by atoms with Crippen LogP contribution in [0.5, 0.6) is 5.75 Å². The zero-order valence-electron chi connectivity index (χ0n) is 12.3. The van der Waals surface area contributed by atoms with E-state index in [2.05, 4.69) is 33.2 Å². The van der Waals surface area contributed by atoms with Gasteiger partial charge in [0.15, 0.2) is 5.78 Å². The summed E-state index contributed by atoms with van der Waals surface area (Å²) in [7, 11) is 1.62. The van der Waals surface area contributed by atoms with Crippen LogP contribution in [0.15, 0.2) is 24.4 Å². The van der Waals surface area contributed by atoms with Crippen molar-refractivity contribution in [3.63, 3.8) is 0 Å². The first kappa shape index (κ1) is 15.7. The smallest absolute Gasteiger partial charge is 0.159 e. The highest BCUT2D eigenvalue weighted by molar-refractivity contribution is 9.09. The van der Waals surface area contributed by atoms with Crippen LogP contribution in [0.3, 0.4) is 0 Å². The highest BCUT2D eigenvalue weighted by atomic mass is 79.9. The maximum atomic E-state index is 11.5. The van der Waals surface area contributed by atoms with E-state index in [4.69, 9.17) is 4.74 Å². The second-order valence-corrected chi connectivity index (χ2v) is 5.90. The molecule has 112 valence electrons. The number of halogens is 1. The van der Waals surface area contributed by atoms with Gasteiger partial charge in [0.05, 0.1) is 24.2 Å². The van der Waals surface area contributed by atoms with Crippen LogP contribution in [-0.2, 0) is 6.54 Å². The summed E-state index contributed by atoms with van der Waals surface area (Å²) in [4.78, 5) is 11.7. The number of hydrogen-bond donors (Lipinski definition) is 0. The Labute approximate surface area is 132 Å². The van der Waals surface area contributed by atoms with Gasteiger partial charge < -0.3 is 4.74 Å². The zero-order valence-corrected chi connectivity index (χ0v) is 13.9. The minimum Gasteiger partial charge on any atom is -0.496 e. The maximum Gasteiger partial charge on any atom is 0.159 e. The average Bonchev–Trinajstić information content (AvgIpc) is 2.94. The molecule has 0 N–H and O–H groups in total. The average molecular weight is 352 g/mol. The molecule has 0 aliphatic rings. The highest BCUT2D eigenvalue weighted by Gasteiger charge is 2.12. The fraction of sp³-hybridized carbons (Fsp3) is 0.400. The molecule has 0 spiro atoms. The van der Waals surface area contributed by atoms with Crippen LogP contribution in [0, 0.1) is 0 Å². The van der Waals surface area contributed by atoms with E-state index >= 15 is 0 Å². The van der Waals surface area contributed by atoms with Crippen LogP contribution >= 0.6 is 15.9 Å². The number of methoxy groups -OCH3 is 1. The number of ketones is 1. The molecule has 0 aliphatic heterocycles. The summed E-state index contributed by atoms with van der Waals surface area (Å²) < 4.78 is 7.10. The summed E-state index contributed by atoms with van der Waals surface area (Å²) in [5.74, 6) is 0.771. The van der Waals surface area contributed by atoms with Crippen molar-refractivity contribution in [1.29, 1.82) is 0 Å². The number of carbonyl (C=O) groups excluding carboxylic acids is 1. The molecule has 1 heterocycles. The minimum atomic E-state index is 0.0321. The van der Waals surface area contributed by atoms with E-state index in [-0.39, 0.29) is 10.6 Å². The Morgan fingerprint density at radius 2 is 2.24 bits per heavy atom. The third-order valence-electron chi connectivity index (χ3n) is 3.25. The maximum absolute atomic E-state index is 11.5. The predicted molar refractivity (Wildman–Crippen MR) is 84.1 cm³/mol. The number of nitrogens with zero attached hydrogens (tertiary/aromatic N) is 3. The molecule has 2 rings (SSSR count). The van der Waals surface area contributed by atoms with Crippen LogP contribution < -0.4 is 4.74 Å². The topological polar surface area (TPSA) is 57.0 Å². The lowest BCUT2D eigenvalue weighted by atomic mass is 10.1. The Kier molecular flexibility index (Phi) is 5.12. The van der Waals surface area contributed by atoms with Crippen LogP contribution in [0.25, 0.3) is 0 Å². The van der Waals surface area contributed by atoms with Gasteiger partial charge in [-0.1, -0.05) is 28.1 Å². The lowest BCUT2D eigenvalue weighted by Gasteiger charge is -2.09. The fourth-order valence-electron chi connectivity index (χ4n) is 2.04. The van der Waals surface area contributed by atoms with Gasteiger partial charge in [0.25, 0.3) is 0 Å². The van der Waals surface area contributed by atoms with Gasteiger partial charge in [-0.25, -0.2) is 4.68 Å². The van der Waals surface area contributed by atoms with Crippen molar-refractivity contribution in [2.45, 2.75) is 31.6 Å². The van der Waals surface area contributed by atoms with Crippen molar-refractivity contribution >= 4 is 21.7 Å². The zero-order chi connectivity index (χ0) is 15.4. The number of rotatable bonds is 6. The molecule has 0 fully saturated rings. The molecular formula is C15H18BrN3O2. The Morgan fingerprint density at radius 1 is 1.48 bits per heavy atom. The molecule has 0 saturated heterocycles. The fourth-order valence-corrected chi connectivity index (χ4v) is 2.25. The summed E-state index contributed by atoms with van der Waals surface area (Å²) in [5, 5.41) is 8.28. The highest BCUT2D eigenvalue weighted by Crippen LogP contribution is 2.25. The third kappa shape index (κ3) is 3.69. The van der Waals surface area contributed by atoms with Gasteiger partial charge in [-0.2, -0.15) is 0 Å². The van der Waals surface area contributed by atoms with Gasteiger partial charge in [0.1, 0.15) is 5.75 Å². The van der Waals surface area contributed by atoms with Crippen LogP contribution in [-0.4, -0.2) is 27.9 Å². The summed E-state index contributed by atoms with van der Waals surface area (Å²) in [6.07, 6.45) is 2.85. The molecule has 5 nitrogen and oxygen atoms in total. The Balaban J connectivity index is 2.27. The molecule has 0 saturated carbocycles. The van der Waals surface area contributed by atoms with E-state index < -0.39 is 0 Å². The van der Waals surface area contributed by atoms with Crippen molar-refractivity contribution in [1.82, 2.24) is 15.0 Å². The standard InChI is InChI=1S/C15H18BrN3O2/c1-4-13(16)14-9-19(18-17-14)8-12-7-11(10(2)20)5-6-15(12)21-3/h5-7,9,13H,4,8H2,1-3H3.